The highest BCUT2D eigenvalue weighted by atomic mass is 32.1. The molecule has 1 aromatic carbocycles. The van der Waals surface area contributed by atoms with Crippen molar-refractivity contribution in [3.05, 3.63) is 59.1 Å². The number of anilines is 1. The van der Waals surface area contributed by atoms with Crippen LogP contribution in [0.3, 0.4) is 0 Å². The van der Waals surface area contributed by atoms with E-state index in [9.17, 15) is 4.79 Å². The predicted molar refractivity (Wildman–Crippen MR) is 98.5 cm³/mol. The first kappa shape index (κ1) is 16.0. The van der Waals surface area contributed by atoms with Crippen molar-refractivity contribution in [3.8, 4) is 5.69 Å². The summed E-state index contributed by atoms with van der Waals surface area (Å²) in [5, 5.41) is 9.19. The van der Waals surface area contributed by atoms with Crippen molar-refractivity contribution in [1.29, 1.82) is 0 Å². The van der Waals surface area contributed by atoms with Crippen molar-refractivity contribution < 1.29 is 4.79 Å². The number of carbonyl (C=O) groups excluding carboxylic acids is 1. The van der Waals surface area contributed by atoms with Crippen molar-refractivity contribution >= 4 is 22.9 Å². The first-order chi connectivity index (χ1) is 12.3. The van der Waals surface area contributed by atoms with Crippen LogP contribution in [-0.4, -0.2) is 33.5 Å². The molecular formula is C18H19N5OS. The zero-order chi connectivity index (χ0) is 17.1. The van der Waals surface area contributed by atoms with Gasteiger partial charge in [0.05, 0.1) is 11.3 Å². The Bertz CT molecular complexity index is 835. The minimum atomic E-state index is -0.160. The summed E-state index contributed by atoms with van der Waals surface area (Å²) in [4.78, 5) is 21.0. The number of thiazole rings is 1. The average Bonchev–Trinajstić information content (AvgIpc) is 3.35. The number of nitrogens with one attached hydrogen (secondary N) is 2. The fourth-order valence-electron chi connectivity index (χ4n) is 2.97. The standard InChI is InChI=1S/C18H19N5OS/c24-17(16-11-25-18(22-16)13-5-7-19-8-6-13)21-14-1-3-15(4-2-14)23-10-9-20-12-23/h1-4,9-13,19H,5-8H2,(H,21,24). The van der Waals surface area contributed by atoms with Gasteiger partial charge < -0.3 is 15.2 Å². The Labute approximate surface area is 149 Å². The number of rotatable bonds is 4. The van der Waals surface area contributed by atoms with Gasteiger partial charge in [-0.1, -0.05) is 0 Å². The maximum Gasteiger partial charge on any atom is 0.275 e. The number of imidazole rings is 1. The molecule has 2 aromatic heterocycles. The molecule has 0 atom stereocenters. The van der Waals surface area contributed by atoms with Crippen molar-refractivity contribution in [2.45, 2.75) is 18.8 Å². The summed E-state index contributed by atoms with van der Waals surface area (Å²) in [6.07, 6.45) is 7.53. The second-order valence-electron chi connectivity index (χ2n) is 6.07. The molecular weight excluding hydrogens is 334 g/mol. The van der Waals surface area contributed by atoms with E-state index in [4.69, 9.17) is 0 Å². The van der Waals surface area contributed by atoms with Gasteiger partial charge in [0.1, 0.15) is 5.69 Å². The van der Waals surface area contributed by atoms with Crippen LogP contribution in [0.2, 0.25) is 0 Å². The highest BCUT2D eigenvalue weighted by Crippen LogP contribution is 2.28. The molecule has 0 spiro atoms. The first-order valence-electron chi connectivity index (χ1n) is 8.35. The van der Waals surface area contributed by atoms with Crippen LogP contribution in [-0.2, 0) is 0 Å². The lowest BCUT2D eigenvalue weighted by molar-refractivity contribution is 0.102. The molecule has 0 aliphatic carbocycles. The fourth-order valence-corrected chi connectivity index (χ4v) is 3.94. The van der Waals surface area contributed by atoms with E-state index < -0.39 is 0 Å². The number of piperidine rings is 1. The van der Waals surface area contributed by atoms with E-state index in [2.05, 4.69) is 20.6 Å². The quantitative estimate of drug-likeness (QED) is 0.756. The summed E-state index contributed by atoms with van der Waals surface area (Å²) in [5.41, 5.74) is 2.25. The molecule has 1 aliphatic rings. The summed E-state index contributed by atoms with van der Waals surface area (Å²) in [5.74, 6) is 0.314. The van der Waals surface area contributed by atoms with E-state index >= 15 is 0 Å². The highest BCUT2D eigenvalue weighted by molar-refractivity contribution is 7.09. The molecule has 6 nitrogen and oxygen atoms in total. The third-order valence-corrected chi connectivity index (χ3v) is 5.38. The largest absolute Gasteiger partial charge is 0.321 e. The minimum Gasteiger partial charge on any atom is -0.321 e. The molecule has 1 amide bonds. The Kier molecular flexibility index (Phi) is 4.58. The van der Waals surface area contributed by atoms with Crippen LogP contribution in [0.4, 0.5) is 5.69 Å². The fraction of sp³-hybridized carbons (Fsp3) is 0.278. The molecule has 4 rings (SSSR count). The number of hydrogen-bond acceptors (Lipinski definition) is 5. The van der Waals surface area contributed by atoms with Crippen molar-refractivity contribution in [1.82, 2.24) is 19.9 Å². The van der Waals surface area contributed by atoms with E-state index in [1.807, 2.05) is 40.4 Å². The lowest BCUT2D eigenvalue weighted by Crippen LogP contribution is -2.26. The van der Waals surface area contributed by atoms with E-state index in [1.54, 1.807) is 23.9 Å². The van der Waals surface area contributed by atoms with Crippen molar-refractivity contribution in [2.24, 2.45) is 0 Å². The lowest BCUT2D eigenvalue weighted by Gasteiger charge is -2.20. The molecule has 1 saturated heterocycles. The van der Waals surface area contributed by atoms with Gasteiger partial charge in [-0.3, -0.25) is 4.79 Å². The van der Waals surface area contributed by atoms with Gasteiger partial charge in [-0.2, -0.15) is 0 Å². The van der Waals surface area contributed by atoms with Gasteiger partial charge >= 0.3 is 0 Å². The number of hydrogen-bond donors (Lipinski definition) is 2. The Morgan fingerprint density at radius 1 is 1.24 bits per heavy atom. The molecule has 25 heavy (non-hydrogen) atoms. The first-order valence-corrected chi connectivity index (χ1v) is 9.23. The highest BCUT2D eigenvalue weighted by Gasteiger charge is 2.20. The molecule has 2 N–H and O–H groups in total. The molecule has 128 valence electrons. The molecule has 0 radical (unpaired) electrons. The monoisotopic (exact) mass is 353 g/mol. The second-order valence-corrected chi connectivity index (χ2v) is 6.96. The normalized spacial score (nSPS) is 15.2. The third-order valence-electron chi connectivity index (χ3n) is 4.37. The number of amides is 1. The number of aromatic nitrogens is 3. The zero-order valence-electron chi connectivity index (χ0n) is 13.7. The van der Waals surface area contributed by atoms with Gasteiger partial charge in [0.25, 0.3) is 5.91 Å². The van der Waals surface area contributed by atoms with E-state index in [0.717, 1.165) is 42.3 Å². The van der Waals surface area contributed by atoms with Gasteiger partial charge in [-0.05, 0) is 50.2 Å². The SMILES string of the molecule is O=C(Nc1ccc(-n2ccnc2)cc1)c1csc(C2CCNCC2)n1. The van der Waals surface area contributed by atoms with Crippen LogP contribution in [0, 0.1) is 0 Å². The molecule has 1 fully saturated rings. The van der Waals surface area contributed by atoms with Gasteiger partial charge in [-0.15, -0.1) is 11.3 Å². The average molecular weight is 353 g/mol. The molecule has 3 aromatic rings. The van der Waals surface area contributed by atoms with Gasteiger partial charge in [0.2, 0.25) is 0 Å². The predicted octanol–water partition coefficient (Wildman–Crippen LogP) is 3.05. The van der Waals surface area contributed by atoms with Crippen LogP contribution < -0.4 is 10.6 Å². The van der Waals surface area contributed by atoms with Crippen LogP contribution >= 0.6 is 11.3 Å². The number of benzene rings is 1. The van der Waals surface area contributed by atoms with Crippen molar-refractivity contribution in [3.63, 3.8) is 0 Å². The van der Waals surface area contributed by atoms with E-state index in [-0.39, 0.29) is 5.91 Å². The second kappa shape index (κ2) is 7.16. The molecule has 0 unspecified atom stereocenters. The van der Waals surface area contributed by atoms with Gasteiger partial charge in [-0.25, -0.2) is 9.97 Å². The lowest BCUT2D eigenvalue weighted by atomic mass is 9.99. The van der Waals surface area contributed by atoms with Crippen LogP contribution in [0.1, 0.15) is 34.3 Å². The van der Waals surface area contributed by atoms with Gasteiger partial charge in [0.15, 0.2) is 0 Å². The summed E-state index contributed by atoms with van der Waals surface area (Å²) >= 11 is 1.59. The zero-order valence-corrected chi connectivity index (χ0v) is 14.5. The maximum absolute atomic E-state index is 12.4. The third kappa shape index (κ3) is 3.62. The van der Waals surface area contributed by atoms with E-state index in [1.165, 1.54) is 0 Å². The van der Waals surface area contributed by atoms with Gasteiger partial charge in [0, 0.05) is 35.1 Å². The van der Waals surface area contributed by atoms with Crippen LogP contribution in [0.15, 0.2) is 48.4 Å². The number of carbonyl (C=O) groups is 1. The summed E-state index contributed by atoms with van der Waals surface area (Å²) in [7, 11) is 0. The Morgan fingerprint density at radius 3 is 2.76 bits per heavy atom. The van der Waals surface area contributed by atoms with E-state index in [0.29, 0.717) is 11.6 Å². The van der Waals surface area contributed by atoms with Crippen LogP contribution in [0.5, 0.6) is 0 Å². The minimum absolute atomic E-state index is 0.160. The molecule has 3 heterocycles. The maximum atomic E-state index is 12.4. The smallest absolute Gasteiger partial charge is 0.275 e. The Hall–Kier alpha value is -2.51. The Balaban J connectivity index is 1.42. The molecule has 1 aliphatic heterocycles. The summed E-state index contributed by atoms with van der Waals surface area (Å²) < 4.78 is 1.91. The molecule has 0 bridgehead atoms. The van der Waals surface area contributed by atoms with Crippen LogP contribution in [0.25, 0.3) is 5.69 Å². The molecule has 0 saturated carbocycles. The molecule has 7 heteroatoms. The number of nitrogens with zero attached hydrogens (tertiary/aromatic N) is 3. The Morgan fingerprint density at radius 2 is 2.04 bits per heavy atom. The van der Waals surface area contributed by atoms with Crippen molar-refractivity contribution in [2.75, 3.05) is 18.4 Å². The summed E-state index contributed by atoms with van der Waals surface area (Å²) in [6, 6.07) is 7.65. The topological polar surface area (TPSA) is 71.8 Å². The summed E-state index contributed by atoms with van der Waals surface area (Å²) in [6.45, 7) is 2.05.